The van der Waals surface area contributed by atoms with Crippen LogP contribution in [0.1, 0.15) is 31.0 Å². The van der Waals surface area contributed by atoms with Crippen LogP contribution in [0, 0.1) is 6.92 Å². The Labute approximate surface area is 164 Å². The van der Waals surface area contributed by atoms with Crippen LogP contribution in [0.2, 0.25) is 0 Å². The van der Waals surface area contributed by atoms with Crippen molar-refractivity contribution in [3.63, 3.8) is 0 Å². The summed E-state index contributed by atoms with van der Waals surface area (Å²) in [6.45, 7) is 4.74. The van der Waals surface area contributed by atoms with Gasteiger partial charge in [-0.2, -0.15) is 5.10 Å². The molecule has 1 N–H and O–H groups in total. The fourth-order valence-electron chi connectivity index (χ4n) is 3.05. The number of amides is 1. The van der Waals surface area contributed by atoms with Gasteiger partial charge >= 0.3 is 0 Å². The number of carbonyl (C=O) groups is 1. The van der Waals surface area contributed by atoms with Crippen molar-refractivity contribution in [3.8, 4) is 5.75 Å². The largest absolute Gasteiger partial charge is 0.494 e. The number of anilines is 1. The zero-order chi connectivity index (χ0) is 20.1. The molecule has 0 aliphatic heterocycles. The predicted octanol–water partition coefficient (Wildman–Crippen LogP) is 3.60. The van der Waals surface area contributed by atoms with Crippen LogP contribution in [-0.4, -0.2) is 22.3 Å². The minimum Gasteiger partial charge on any atom is -0.494 e. The minimum absolute atomic E-state index is 0.0861. The van der Waals surface area contributed by atoms with Crippen LogP contribution in [0.25, 0.3) is 10.8 Å². The van der Waals surface area contributed by atoms with Gasteiger partial charge in [0.2, 0.25) is 5.91 Å². The van der Waals surface area contributed by atoms with Gasteiger partial charge in [0.05, 0.1) is 24.1 Å². The number of hydrogen-bond acceptors (Lipinski definition) is 4. The Morgan fingerprint density at radius 2 is 1.93 bits per heavy atom. The number of hydrogen-bond donors (Lipinski definition) is 1. The van der Waals surface area contributed by atoms with E-state index in [4.69, 9.17) is 4.74 Å². The molecular weight excluding hydrogens is 354 g/mol. The number of carbonyl (C=O) groups excluding carboxylic acids is 1. The van der Waals surface area contributed by atoms with Gasteiger partial charge in [-0.15, -0.1) is 0 Å². The predicted molar refractivity (Wildman–Crippen MR) is 111 cm³/mol. The summed E-state index contributed by atoms with van der Waals surface area (Å²) in [7, 11) is 1.59. The van der Waals surface area contributed by atoms with E-state index in [-0.39, 0.29) is 17.9 Å². The van der Waals surface area contributed by atoms with Crippen LogP contribution in [0.5, 0.6) is 5.75 Å². The summed E-state index contributed by atoms with van der Waals surface area (Å²) in [5, 5.41) is 8.48. The van der Waals surface area contributed by atoms with Crippen LogP contribution in [0.15, 0.2) is 47.3 Å². The normalized spacial score (nSPS) is 10.8. The van der Waals surface area contributed by atoms with E-state index in [0.717, 1.165) is 29.8 Å². The summed E-state index contributed by atoms with van der Waals surface area (Å²) < 4.78 is 6.98. The van der Waals surface area contributed by atoms with E-state index >= 15 is 0 Å². The second-order valence-electron chi connectivity index (χ2n) is 6.82. The van der Waals surface area contributed by atoms with E-state index in [9.17, 15) is 9.59 Å². The van der Waals surface area contributed by atoms with Crippen LogP contribution < -0.4 is 15.6 Å². The maximum absolute atomic E-state index is 12.6. The first-order valence-electron chi connectivity index (χ1n) is 9.48. The highest BCUT2D eigenvalue weighted by Crippen LogP contribution is 2.22. The summed E-state index contributed by atoms with van der Waals surface area (Å²) >= 11 is 0. The minimum atomic E-state index is -0.181. The number of nitrogens with one attached hydrogen (secondary N) is 1. The van der Waals surface area contributed by atoms with Crippen molar-refractivity contribution in [3.05, 3.63) is 64.1 Å². The lowest BCUT2D eigenvalue weighted by atomic mass is 10.1. The van der Waals surface area contributed by atoms with Crippen molar-refractivity contribution in [2.75, 3.05) is 11.9 Å². The Kier molecular flexibility index (Phi) is 6.09. The van der Waals surface area contributed by atoms with Crippen molar-refractivity contribution in [2.24, 2.45) is 7.05 Å². The number of aryl methyl sites for hydroxylation is 2. The number of ether oxygens (including phenoxy) is 1. The molecule has 2 aromatic carbocycles. The fourth-order valence-corrected chi connectivity index (χ4v) is 3.05. The smallest absolute Gasteiger partial charge is 0.274 e. The van der Waals surface area contributed by atoms with Gasteiger partial charge in [-0.25, -0.2) is 4.68 Å². The quantitative estimate of drug-likeness (QED) is 0.637. The van der Waals surface area contributed by atoms with Gasteiger partial charge in [0.25, 0.3) is 5.56 Å². The summed E-state index contributed by atoms with van der Waals surface area (Å²) in [5.74, 6) is 0.619. The maximum Gasteiger partial charge on any atom is 0.274 e. The standard InChI is InChI=1S/C22H25N3O3/c1-4-5-12-28-16-10-11-19(15(2)13-16)23-21(26)14-20-17-8-6-7-9-18(17)22(27)25(3)24-20/h6-11,13H,4-5,12,14H2,1-3H3,(H,23,26). The van der Waals surface area contributed by atoms with Crippen LogP contribution in [-0.2, 0) is 18.3 Å². The SMILES string of the molecule is CCCCOc1ccc(NC(=O)Cc2nn(C)c(=O)c3ccccc23)c(C)c1. The second kappa shape index (κ2) is 8.69. The molecule has 0 saturated heterocycles. The lowest BCUT2D eigenvalue weighted by Crippen LogP contribution is -2.24. The molecule has 0 bridgehead atoms. The Morgan fingerprint density at radius 1 is 1.18 bits per heavy atom. The third-order valence-corrected chi connectivity index (χ3v) is 4.60. The summed E-state index contributed by atoms with van der Waals surface area (Å²) in [6.07, 6.45) is 2.18. The van der Waals surface area contributed by atoms with Gasteiger partial charge in [0, 0.05) is 18.1 Å². The molecule has 0 aliphatic rings. The van der Waals surface area contributed by atoms with Crippen molar-refractivity contribution < 1.29 is 9.53 Å². The lowest BCUT2D eigenvalue weighted by molar-refractivity contribution is -0.115. The monoisotopic (exact) mass is 379 g/mol. The highest BCUT2D eigenvalue weighted by molar-refractivity contribution is 5.95. The van der Waals surface area contributed by atoms with E-state index in [1.54, 1.807) is 19.2 Å². The molecule has 1 aromatic heterocycles. The van der Waals surface area contributed by atoms with E-state index in [2.05, 4.69) is 17.3 Å². The summed E-state index contributed by atoms with van der Waals surface area (Å²) in [5.41, 5.74) is 2.07. The van der Waals surface area contributed by atoms with Gasteiger partial charge in [0.1, 0.15) is 5.75 Å². The average molecular weight is 379 g/mol. The Bertz CT molecular complexity index is 1060. The first-order valence-corrected chi connectivity index (χ1v) is 9.48. The molecule has 1 heterocycles. The van der Waals surface area contributed by atoms with E-state index < -0.39 is 0 Å². The van der Waals surface area contributed by atoms with Crippen molar-refractivity contribution >= 4 is 22.4 Å². The first kappa shape index (κ1) is 19.6. The molecule has 146 valence electrons. The highest BCUT2D eigenvalue weighted by Gasteiger charge is 2.13. The molecule has 6 heteroatoms. The number of aromatic nitrogens is 2. The molecule has 1 amide bonds. The van der Waals surface area contributed by atoms with E-state index in [0.29, 0.717) is 23.1 Å². The third-order valence-electron chi connectivity index (χ3n) is 4.60. The van der Waals surface area contributed by atoms with Gasteiger partial charge in [0.15, 0.2) is 0 Å². The number of nitrogens with zero attached hydrogens (tertiary/aromatic N) is 2. The fraction of sp³-hybridized carbons (Fsp3) is 0.318. The Balaban J connectivity index is 1.75. The molecule has 0 radical (unpaired) electrons. The number of unbranched alkanes of at least 4 members (excludes halogenated alkanes) is 1. The van der Waals surface area contributed by atoms with Crippen LogP contribution in [0.3, 0.4) is 0 Å². The number of benzene rings is 2. The number of rotatable bonds is 7. The molecule has 28 heavy (non-hydrogen) atoms. The van der Waals surface area contributed by atoms with E-state index in [1.807, 2.05) is 37.3 Å². The number of fused-ring (bicyclic) bond motifs is 1. The zero-order valence-corrected chi connectivity index (χ0v) is 16.5. The molecule has 0 unspecified atom stereocenters. The highest BCUT2D eigenvalue weighted by atomic mass is 16.5. The second-order valence-corrected chi connectivity index (χ2v) is 6.82. The van der Waals surface area contributed by atoms with Gasteiger partial charge < -0.3 is 10.1 Å². The molecule has 3 aromatic rings. The zero-order valence-electron chi connectivity index (χ0n) is 16.5. The Morgan fingerprint density at radius 3 is 2.64 bits per heavy atom. The van der Waals surface area contributed by atoms with Crippen molar-refractivity contribution in [1.82, 2.24) is 9.78 Å². The Hall–Kier alpha value is -3.15. The molecule has 0 saturated carbocycles. The maximum atomic E-state index is 12.6. The topological polar surface area (TPSA) is 73.2 Å². The molecule has 6 nitrogen and oxygen atoms in total. The van der Waals surface area contributed by atoms with Crippen LogP contribution in [0.4, 0.5) is 5.69 Å². The molecule has 3 rings (SSSR count). The molecular formula is C22H25N3O3. The van der Waals surface area contributed by atoms with Crippen LogP contribution >= 0.6 is 0 Å². The molecule has 0 spiro atoms. The summed E-state index contributed by atoms with van der Waals surface area (Å²) in [6, 6.07) is 12.8. The molecule has 0 aliphatic carbocycles. The summed E-state index contributed by atoms with van der Waals surface area (Å²) in [4.78, 5) is 24.8. The van der Waals surface area contributed by atoms with Crippen molar-refractivity contribution in [1.29, 1.82) is 0 Å². The average Bonchev–Trinajstić information content (AvgIpc) is 2.68. The van der Waals surface area contributed by atoms with Gasteiger partial charge in [-0.1, -0.05) is 31.5 Å². The third kappa shape index (κ3) is 4.39. The van der Waals surface area contributed by atoms with Gasteiger partial charge in [-0.3, -0.25) is 9.59 Å². The molecule has 0 fully saturated rings. The van der Waals surface area contributed by atoms with E-state index in [1.165, 1.54) is 4.68 Å². The lowest BCUT2D eigenvalue weighted by Gasteiger charge is -2.12. The van der Waals surface area contributed by atoms with Gasteiger partial charge in [-0.05, 0) is 43.2 Å². The van der Waals surface area contributed by atoms with Crippen molar-refractivity contribution in [2.45, 2.75) is 33.1 Å². The first-order chi connectivity index (χ1) is 13.5. The molecule has 0 atom stereocenters.